The maximum absolute atomic E-state index is 10.0. The molecule has 1 aromatic carbocycles. The van der Waals surface area contributed by atoms with E-state index in [1.54, 1.807) is 0 Å². The van der Waals surface area contributed by atoms with Crippen molar-refractivity contribution in [2.24, 2.45) is 0 Å². The fourth-order valence-electron chi connectivity index (χ4n) is 2.29. The second-order valence-electron chi connectivity index (χ2n) is 5.60. The van der Waals surface area contributed by atoms with Gasteiger partial charge in [-0.25, -0.2) is 0 Å². The summed E-state index contributed by atoms with van der Waals surface area (Å²) in [4.78, 5) is 2.14. The molecule has 1 unspecified atom stereocenters. The number of aliphatic hydroxyl groups is 1. The highest BCUT2D eigenvalue weighted by molar-refractivity contribution is 5.61. The molecule has 4 heteroatoms. The summed E-state index contributed by atoms with van der Waals surface area (Å²) >= 11 is 0. The molecule has 1 atom stereocenters. The second-order valence-corrected chi connectivity index (χ2v) is 5.60. The van der Waals surface area contributed by atoms with Crippen LogP contribution in [0, 0.1) is 0 Å². The summed E-state index contributed by atoms with van der Waals surface area (Å²) in [5.74, 6) is 0.784. The number of β-amino-alcohol motifs (C(OH)–C–C–N with tert-alkyl or cyclic N) is 1. The number of nitrogens with two attached hydrogens (primary N) is 1. The quantitative estimate of drug-likeness (QED) is 0.806. The van der Waals surface area contributed by atoms with Crippen molar-refractivity contribution >= 4 is 11.4 Å². The van der Waals surface area contributed by atoms with Crippen LogP contribution in [0.5, 0.6) is 5.75 Å². The van der Waals surface area contributed by atoms with E-state index in [0.717, 1.165) is 24.4 Å². The van der Waals surface area contributed by atoms with Crippen LogP contribution in [0.2, 0.25) is 0 Å². The molecule has 0 saturated carbocycles. The van der Waals surface area contributed by atoms with Gasteiger partial charge in [-0.15, -0.1) is 0 Å². The third-order valence-corrected chi connectivity index (χ3v) is 3.10. The molecule has 1 fully saturated rings. The molecule has 2 rings (SSSR count). The van der Waals surface area contributed by atoms with Crippen molar-refractivity contribution in [1.82, 2.24) is 0 Å². The highest BCUT2D eigenvalue weighted by atomic mass is 16.5. The third kappa shape index (κ3) is 3.07. The van der Waals surface area contributed by atoms with Gasteiger partial charge in [0.05, 0.1) is 11.7 Å². The molecule has 0 aromatic heterocycles. The lowest BCUT2D eigenvalue weighted by molar-refractivity contribution is 0.0839. The first-order chi connectivity index (χ1) is 8.35. The van der Waals surface area contributed by atoms with Crippen molar-refractivity contribution < 1.29 is 9.84 Å². The molecule has 100 valence electrons. The molecule has 0 spiro atoms. The monoisotopic (exact) mass is 250 g/mol. The standard InChI is InChI=1S/C14H22N2O2/c1-10(2)18-13-7-11(15)6-12(8-13)16-5-4-14(3,17)9-16/h6-8,10,17H,4-5,9,15H2,1-3H3. The van der Waals surface area contributed by atoms with Gasteiger partial charge in [0.25, 0.3) is 0 Å². The lowest BCUT2D eigenvalue weighted by Crippen LogP contribution is -2.29. The summed E-state index contributed by atoms with van der Waals surface area (Å²) in [6.07, 6.45) is 0.906. The van der Waals surface area contributed by atoms with Crippen LogP contribution < -0.4 is 15.4 Å². The van der Waals surface area contributed by atoms with E-state index in [0.29, 0.717) is 12.2 Å². The Labute approximate surface area is 108 Å². The number of nitrogen functional groups attached to an aromatic ring is 1. The maximum atomic E-state index is 10.0. The molecule has 0 aliphatic carbocycles. The van der Waals surface area contributed by atoms with Crippen LogP contribution in [-0.4, -0.2) is 29.9 Å². The summed E-state index contributed by atoms with van der Waals surface area (Å²) in [6.45, 7) is 7.33. The second kappa shape index (κ2) is 4.69. The Kier molecular flexibility index (Phi) is 3.39. The molecular formula is C14H22N2O2. The van der Waals surface area contributed by atoms with E-state index >= 15 is 0 Å². The largest absolute Gasteiger partial charge is 0.491 e. The third-order valence-electron chi connectivity index (χ3n) is 3.10. The normalized spacial score (nSPS) is 23.7. The summed E-state index contributed by atoms with van der Waals surface area (Å²) < 4.78 is 5.68. The Morgan fingerprint density at radius 3 is 2.67 bits per heavy atom. The first-order valence-electron chi connectivity index (χ1n) is 6.40. The van der Waals surface area contributed by atoms with Crippen molar-refractivity contribution in [1.29, 1.82) is 0 Å². The van der Waals surface area contributed by atoms with Crippen molar-refractivity contribution in [2.75, 3.05) is 23.7 Å². The molecule has 0 bridgehead atoms. The van der Waals surface area contributed by atoms with Gasteiger partial charge in [0.15, 0.2) is 0 Å². The van der Waals surface area contributed by atoms with Gasteiger partial charge in [0.1, 0.15) is 5.75 Å². The van der Waals surface area contributed by atoms with Crippen molar-refractivity contribution in [3.8, 4) is 5.75 Å². The lowest BCUT2D eigenvalue weighted by Gasteiger charge is -2.22. The van der Waals surface area contributed by atoms with Gasteiger partial charge in [0.2, 0.25) is 0 Å². The highest BCUT2D eigenvalue weighted by Gasteiger charge is 2.31. The van der Waals surface area contributed by atoms with Crippen LogP contribution in [0.25, 0.3) is 0 Å². The van der Waals surface area contributed by atoms with Gasteiger partial charge >= 0.3 is 0 Å². The predicted molar refractivity (Wildman–Crippen MR) is 74.1 cm³/mol. The minimum Gasteiger partial charge on any atom is -0.491 e. The molecular weight excluding hydrogens is 228 g/mol. The van der Waals surface area contributed by atoms with E-state index in [2.05, 4.69) is 4.90 Å². The number of nitrogens with zero attached hydrogens (tertiary/aromatic N) is 1. The van der Waals surface area contributed by atoms with Crippen molar-refractivity contribution in [3.63, 3.8) is 0 Å². The molecule has 0 amide bonds. The van der Waals surface area contributed by atoms with E-state index in [1.807, 2.05) is 39.0 Å². The molecule has 4 nitrogen and oxygen atoms in total. The highest BCUT2D eigenvalue weighted by Crippen LogP contribution is 2.31. The fourth-order valence-corrected chi connectivity index (χ4v) is 2.29. The zero-order valence-corrected chi connectivity index (χ0v) is 11.3. The Hall–Kier alpha value is -1.42. The van der Waals surface area contributed by atoms with Crippen LogP contribution in [-0.2, 0) is 0 Å². The molecule has 18 heavy (non-hydrogen) atoms. The number of hydrogen-bond acceptors (Lipinski definition) is 4. The van der Waals surface area contributed by atoms with Crippen molar-refractivity contribution in [3.05, 3.63) is 18.2 Å². The van der Waals surface area contributed by atoms with E-state index in [-0.39, 0.29) is 6.10 Å². The van der Waals surface area contributed by atoms with Crippen molar-refractivity contribution in [2.45, 2.75) is 38.9 Å². The van der Waals surface area contributed by atoms with Gasteiger partial charge in [-0.05, 0) is 33.3 Å². The Morgan fingerprint density at radius 1 is 1.39 bits per heavy atom. The van der Waals surface area contributed by atoms with E-state index in [4.69, 9.17) is 10.5 Å². The molecule has 1 aromatic rings. The minimum absolute atomic E-state index is 0.126. The van der Waals surface area contributed by atoms with E-state index in [1.165, 1.54) is 0 Å². The predicted octanol–water partition coefficient (Wildman–Crippen LogP) is 2.02. The molecule has 1 aliphatic heterocycles. The molecule has 1 saturated heterocycles. The average molecular weight is 250 g/mol. The number of rotatable bonds is 3. The lowest BCUT2D eigenvalue weighted by atomic mass is 10.1. The number of hydrogen-bond donors (Lipinski definition) is 2. The van der Waals surface area contributed by atoms with Crippen LogP contribution >= 0.6 is 0 Å². The Bertz CT molecular complexity index is 430. The first kappa shape index (κ1) is 13.0. The molecule has 0 radical (unpaired) electrons. The molecule has 1 heterocycles. The van der Waals surface area contributed by atoms with Gasteiger partial charge in [-0.1, -0.05) is 0 Å². The number of benzene rings is 1. The summed E-state index contributed by atoms with van der Waals surface area (Å²) in [7, 11) is 0. The van der Waals surface area contributed by atoms with Crippen LogP contribution in [0.4, 0.5) is 11.4 Å². The van der Waals surface area contributed by atoms with E-state index in [9.17, 15) is 5.11 Å². The molecule has 1 aliphatic rings. The van der Waals surface area contributed by atoms with Gasteiger partial charge in [-0.3, -0.25) is 0 Å². The first-order valence-corrected chi connectivity index (χ1v) is 6.40. The van der Waals surface area contributed by atoms with Crippen LogP contribution in [0.15, 0.2) is 18.2 Å². The van der Waals surface area contributed by atoms with Gasteiger partial charge in [-0.2, -0.15) is 0 Å². The zero-order valence-electron chi connectivity index (χ0n) is 11.3. The van der Waals surface area contributed by atoms with Gasteiger partial charge in [0, 0.05) is 36.6 Å². The van der Waals surface area contributed by atoms with E-state index < -0.39 is 5.60 Å². The summed E-state index contributed by atoms with van der Waals surface area (Å²) in [5, 5.41) is 10.0. The summed E-state index contributed by atoms with van der Waals surface area (Å²) in [6, 6.07) is 5.74. The topological polar surface area (TPSA) is 58.7 Å². The van der Waals surface area contributed by atoms with Crippen LogP contribution in [0.1, 0.15) is 27.2 Å². The SMILES string of the molecule is CC(C)Oc1cc(N)cc(N2CCC(C)(O)C2)c1. The number of anilines is 2. The maximum Gasteiger partial charge on any atom is 0.123 e. The fraction of sp³-hybridized carbons (Fsp3) is 0.571. The molecule has 3 N–H and O–H groups in total. The van der Waals surface area contributed by atoms with Gasteiger partial charge < -0.3 is 20.5 Å². The number of ether oxygens (including phenoxy) is 1. The Morgan fingerprint density at radius 2 is 2.11 bits per heavy atom. The average Bonchev–Trinajstić information content (AvgIpc) is 2.57. The van der Waals surface area contributed by atoms with Crippen LogP contribution in [0.3, 0.4) is 0 Å². The minimum atomic E-state index is -0.607. The summed E-state index contributed by atoms with van der Waals surface area (Å²) in [5.41, 5.74) is 7.00. The smallest absolute Gasteiger partial charge is 0.123 e. The zero-order chi connectivity index (χ0) is 13.3. The Balaban J connectivity index is 2.20.